The summed E-state index contributed by atoms with van der Waals surface area (Å²) in [7, 11) is 17.0. The third kappa shape index (κ3) is 7.49. The van der Waals surface area contributed by atoms with Gasteiger partial charge in [-0.1, -0.05) is 18.2 Å². The molecule has 0 fully saturated rings. The predicted octanol–water partition coefficient (Wildman–Crippen LogP) is 4.65. The number of halogens is 4. The highest BCUT2D eigenvalue weighted by molar-refractivity contribution is 7.81. The second-order valence-corrected chi connectivity index (χ2v) is 16.5. The first-order chi connectivity index (χ1) is 8.36. The largest absolute Gasteiger partial charge is 0.564 e. The van der Waals surface area contributed by atoms with Gasteiger partial charge in [-0.2, -0.15) is 4.57 Å². The van der Waals surface area contributed by atoms with Crippen LogP contribution >= 0.6 is 40.2 Å². The lowest BCUT2D eigenvalue weighted by Gasteiger charge is -1.97. The number of nitrogens with zero attached hydrogens (tertiary/aromatic N) is 1. The number of pyridine rings is 1. The van der Waals surface area contributed by atoms with Gasteiger partial charge in [0.15, 0.2) is 12.4 Å². The van der Waals surface area contributed by atoms with Crippen molar-refractivity contribution < 1.29 is 4.57 Å². The fraction of sp³-hybridized carbons (Fsp3) is 0.0833. The van der Waals surface area contributed by atoms with Crippen LogP contribution in [0, 0.1) is 6.92 Å². The van der Waals surface area contributed by atoms with Gasteiger partial charge in [-0.05, 0) is 12.5 Å². The van der Waals surface area contributed by atoms with E-state index in [1.54, 1.807) is 0 Å². The Kier molecular flexibility index (Phi) is 6.81. The van der Waals surface area contributed by atoms with Crippen molar-refractivity contribution in [1.82, 2.24) is 0 Å². The minimum Gasteiger partial charge on any atom is -0.391 e. The van der Waals surface area contributed by atoms with E-state index < -0.39 is 9.39 Å². The summed E-state index contributed by atoms with van der Waals surface area (Å²) in [5.74, 6) is 0. The fourth-order valence-corrected chi connectivity index (χ4v) is 1.27. The van der Waals surface area contributed by atoms with Gasteiger partial charge in [0, 0.05) is 24.3 Å². The van der Waals surface area contributed by atoms with Crippen molar-refractivity contribution in [3.63, 3.8) is 0 Å². The first kappa shape index (κ1) is 16.1. The molecule has 0 saturated carbocycles. The van der Waals surface area contributed by atoms with Gasteiger partial charge < -0.3 is 40.2 Å². The number of benzene rings is 1. The van der Waals surface area contributed by atoms with Gasteiger partial charge in [-0.3, -0.25) is 0 Å². The number of aromatic nitrogens is 1. The van der Waals surface area contributed by atoms with Crippen molar-refractivity contribution in [2.75, 3.05) is 0 Å². The van der Waals surface area contributed by atoms with Gasteiger partial charge in [0.25, 0.3) is 0 Å². The van der Waals surface area contributed by atoms with Gasteiger partial charge in [-0.25, -0.2) is 0 Å². The molecule has 0 atom stereocenters. The quantitative estimate of drug-likeness (QED) is 0.526. The standard InChI is InChI=1S/C12H12N.Al.4ClH/c1-11-7-9-13(10-8-11)12-5-3-2-4-6-12;;;;;/h2-10H,1H3;;4*1H/q+1;+3;;;;/p-4. The average molecular weight is 339 g/mol. The van der Waals surface area contributed by atoms with Crippen LogP contribution in [0.2, 0.25) is 0 Å². The maximum atomic E-state index is 4.99. The lowest BCUT2D eigenvalue weighted by molar-refractivity contribution is -0.595. The zero-order chi connectivity index (χ0) is 13.6. The molecule has 0 bridgehead atoms. The molecule has 0 radical (unpaired) electrons. The minimum atomic E-state index is -2.94. The smallest absolute Gasteiger partial charge is 0.391 e. The Morgan fingerprint density at radius 2 is 1.28 bits per heavy atom. The lowest BCUT2D eigenvalue weighted by atomic mass is 10.3. The number of hydrogen-bond acceptors (Lipinski definition) is 0. The van der Waals surface area contributed by atoms with Crippen LogP contribution in [0.1, 0.15) is 5.56 Å². The molecular weight excluding hydrogens is 327 g/mol. The Balaban J connectivity index is 0.000000280. The van der Waals surface area contributed by atoms with Crippen molar-refractivity contribution in [3.05, 3.63) is 60.4 Å². The zero-order valence-corrected chi connectivity index (χ0v) is 13.9. The summed E-state index contributed by atoms with van der Waals surface area (Å²) in [6.45, 7) is 2.09. The SMILES string of the molecule is Cc1cc[n+](-c2ccccc2)cc1.[Cl][Al-]([Cl])([Cl])[Cl]. The molecule has 6 heteroatoms. The summed E-state index contributed by atoms with van der Waals surface area (Å²) in [5, 5.41) is 0. The van der Waals surface area contributed by atoms with Crippen LogP contribution in [0.4, 0.5) is 0 Å². The first-order valence-corrected chi connectivity index (χ1v) is 12.3. The van der Waals surface area contributed by atoms with Gasteiger partial charge in [0.2, 0.25) is 5.69 Å². The Labute approximate surface area is 126 Å². The average Bonchev–Trinajstić information content (AvgIpc) is 2.29. The van der Waals surface area contributed by atoms with E-state index in [4.69, 9.17) is 40.2 Å². The molecular formula is C12H12AlCl4N. The van der Waals surface area contributed by atoms with E-state index in [9.17, 15) is 0 Å². The molecule has 0 spiro atoms. The van der Waals surface area contributed by atoms with E-state index in [2.05, 4.69) is 48.1 Å². The second kappa shape index (κ2) is 7.60. The zero-order valence-electron chi connectivity index (χ0n) is 9.73. The van der Waals surface area contributed by atoms with E-state index in [0.717, 1.165) is 0 Å². The van der Waals surface area contributed by atoms with Crippen molar-refractivity contribution in [2.45, 2.75) is 6.92 Å². The number of aryl methyl sites for hydroxylation is 1. The predicted molar refractivity (Wildman–Crippen MR) is 81.9 cm³/mol. The van der Waals surface area contributed by atoms with Gasteiger partial charge in [-0.15, -0.1) is 0 Å². The van der Waals surface area contributed by atoms with Crippen molar-refractivity contribution >= 4 is 49.6 Å². The molecule has 0 aliphatic rings. The molecule has 1 aromatic carbocycles. The molecule has 1 aromatic heterocycles. The number of para-hydroxylation sites is 1. The molecule has 2 aromatic rings. The van der Waals surface area contributed by atoms with E-state index in [0.29, 0.717) is 0 Å². The topological polar surface area (TPSA) is 3.88 Å². The highest BCUT2D eigenvalue weighted by Crippen LogP contribution is 2.23. The van der Waals surface area contributed by atoms with Crippen LogP contribution in [-0.4, -0.2) is 9.39 Å². The summed E-state index contributed by atoms with van der Waals surface area (Å²) in [5.41, 5.74) is 2.48. The first-order valence-electron chi connectivity index (χ1n) is 5.27. The van der Waals surface area contributed by atoms with Crippen molar-refractivity contribution in [1.29, 1.82) is 0 Å². The van der Waals surface area contributed by atoms with Crippen molar-refractivity contribution in [2.24, 2.45) is 0 Å². The molecule has 0 N–H and O–H groups in total. The summed E-state index contributed by atoms with van der Waals surface area (Å²) >= 11 is 0. The monoisotopic (exact) mass is 337 g/mol. The van der Waals surface area contributed by atoms with E-state index in [-0.39, 0.29) is 0 Å². The maximum absolute atomic E-state index is 4.99. The van der Waals surface area contributed by atoms with E-state index >= 15 is 0 Å². The second-order valence-electron chi connectivity index (χ2n) is 3.61. The highest BCUT2D eigenvalue weighted by atomic mass is 35.9. The van der Waals surface area contributed by atoms with Crippen LogP contribution in [0.5, 0.6) is 0 Å². The molecule has 0 unspecified atom stereocenters. The molecule has 1 heterocycles. The molecule has 1 nitrogen and oxygen atoms in total. The Morgan fingerprint density at radius 3 is 1.72 bits per heavy atom. The number of rotatable bonds is 1. The molecule has 96 valence electrons. The third-order valence-corrected chi connectivity index (χ3v) is 2.05. The summed E-state index contributed by atoms with van der Waals surface area (Å²) in [6.07, 6.45) is 4.15. The minimum absolute atomic E-state index is 1.20. The van der Waals surface area contributed by atoms with Gasteiger partial charge >= 0.3 is 9.39 Å². The Bertz CT molecular complexity index is 462. The molecule has 0 aliphatic heterocycles. The molecule has 0 saturated heterocycles. The lowest BCUT2D eigenvalue weighted by Crippen LogP contribution is -2.28. The van der Waals surface area contributed by atoms with E-state index in [1.165, 1.54) is 11.3 Å². The number of hydrogen-bond donors (Lipinski definition) is 0. The third-order valence-electron chi connectivity index (χ3n) is 2.05. The van der Waals surface area contributed by atoms with Gasteiger partial charge in [0.1, 0.15) is 0 Å². The van der Waals surface area contributed by atoms with Crippen LogP contribution in [0.3, 0.4) is 0 Å². The van der Waals surface area contributed by atoms with Crippen LogP contribution in [0.15, 0.2) is 54.9 Å². The summed E-state index contributed by atoms with van der Waals surface area (Å²) < 4.78 is 2.10. The van der Waals surface area contributed by atoms with Crippen LogP contribution < -0.4 is 4.57 Å². The molecule has 0 amide bonds. The molecule has 2 rings (SSSR count). The Hall–Kier alpha value is 0.0625. The maximum Gasteiger partial charge on any atom is 0.564 e. The van der Waals surface area contributed by atoms with Crippen LogP contribution in [-0.2, 0) is 0 Å². The highest BCUT2D eigenvalue weighted by Gasteiger charge is 2.14. The van der Waals surface area contributed by atoms with Crippen LogP contribution in [0.25, 0.3) is 5.69 Å². The summed E-state index contributed by atoms with van der Waals surface area (Å²) in [4.78, 5) is 0. The molecule has 18 heavy (non-hydrogen) atoms. The normalized spacial score (nSPS) is 10.5. The van der Waals surface area contributed by atoms with Gasteiger partial charge in [0.05, 0.1) is 0 Å². The Morgan fingerprint density at radius 1 is 0.833 bits per heavy atom. The fourth-order valence-electron chi connectivity index (χ4n) is 1.27. The molecule has 0 aliphatic carbocycles. The summed E-state index contributed by atoms with van der Waals surface area (Å²) in [6, 6.07) is 14.5. The van der Waals surface area contributed by atoms with E-state index in [1.807, 2.05) is 18.2 Å². The van der Waals surface area contributed by atoms with Crippen molar-refractivity contribution in [3.8, 4) is 5.69 Å².